The molecule has 32 heavy (non-hydrogen) atoms. The topological polar surface area (TPSA) is 99.2 Å². The molecule has 0 unspecified atom stereocenters. The molecule has 2 aromatic rings. The summed E-state index contributed by atoms with van der Waals surface area (Å²) >= 11 is 0. The first-order chi connectivity index (χ1) is 15.1. The summed E-state index contributed by atoms with van der Waals surface area (Å²) < 4.78 is 34.8. The lowest BCUT2D eigenvalue weighted by Gasteiger charge is -2.38. The number of nitrogens with one attached hydrogen (secondary N) is 1. The Labute approximate surface area is 189 Å². The molecule has 0 saturated heterocycles. The second-order valence-electron chi connectivity index (χ2n) is 8.49. The maximum absolute atomic E-state index is 13.4. The highest BCUT2D eigenvalue weighted by atomic mass is 32.2. The minimum Gasteiger partial charge on any atom is -0.486 e. The summed E-state index contributed by atoms with van der Waals surface area (Å²) in [6.07, 6.45) is -0.298. The van der Waals surface area contributed by atoms with Crippen LogP contribution < -0.4 is 9.46 Å². The van der Waals surface area contributed by atoms with E-state index in [0.29, 0.717) is 13.1 Å². The van der Waals surface area contributed by atoms with Gasteiger partial charge in [-0.15, -0.1) is 0 Å². The van der Waals surface area contributed by atoms with Gasteiger partial charge in [-0.1, -0.05) is 31.2 Å². The third kappa shape index (κ3) is 5.23. The molecule has 0 aliphatic carbocycles. The number of nitrogens with zero attached hydrogens (tertiary/aromatic N) is 2. The van der Waals surface area contributed by atoms with Crippen molar-refractivity contribution >= 4 is 21.6 Å². The van der Waals surface area contributed by atoms with Gasteiger partial charge in [-0.25, -0.2) is 8.42 Å². The minimum atomic E-state index is -3.88. The summed E-state index contributed by atoms with van der Waals surface area (Å²) in [5, 5.41) is 9.72. The number of fused-ring (bicyclic) bond motifs is 1. The van der Waals surface area contributed by atoms with Gasteiger partial charge >= 0.3 is 0 Å². The number of rotatable bonds is 7. The van der Waals surface area contributed by atoms with Crippen molar-refractivity contribution in [2.24, 2.45) is 5.92 Å². The highest BCUT2D eigenvalue weighted by Gasteiger charge is 2.34. The maximum Gasteiger partial charge on any atom is 0.262 e. The van der Waals surface area contributed by atoms with Crippen molar-refractivity contribution in [1.82, 2.24) is 9.80 Å². The fourth-order valence-corrected chi connectivity index (χ4v) is 4.79. The number of anilines is 1. The summed E-state index contributed by atoms with van der Waals surface area (Å²) in [5.74, 6) is -0.162. The van der Waals surface area contributed by atoms with Gasteiger partial charge in [-0.05, 0) is 45.3 Å². The largest absolute Gasteiger partial charge is 0.486 e. The van der Waals surface area contributed by atoms with Gasteiger partial charge in [0.1, 0.15) is 6.10 Å². The minimum absolute atomic E-state index is 0.0534. The first-order valence-electron chi connectivity index (χ1n) is 10.6. The quantitative estimate of drug-likeness (QED) is 0.656. The van der Waals surface area contributed by atoms with Crippen LogP contribution in [0.2, 0.25) is 0 Å². The fraction of sp³-hybridized carbons (Fsp3) is 0.435. The maximum atomic E-state index is 13.4. The second kappa shape index (κ2) is 9.89. The number of benzene rings is 2. The lowest BCUT2D eigenvalue weighted by molar-refractivity contribution is 0.0366. The number of aliphatic hydroxyl groups excluding tert-OH is 1. The Kier molecular flexibility index (Phi) is 7.43. The van der Waals surface area contributed by atoms with E-state index in [9.17, 15) is 18.3 Å². The molecule has 1 amide bonds. The standard InChI is InChI=1S/C23H31N3O5S/c1-16-13-26(17(2)15-27)23(28)19-11-8-12-20(22(19)31-21(16)14-25(3)4)24-32(29,30)18-9-6-5-7-10-18/h5-12,16-17,21,24,27H,13-15H2,1-4H3/t16-,17+,21-/m0/s1. The number of aliphatic hydroxyl groups is 1. The molecule has 8 nitrogen and oxygen atoms in total. The van der Waals surface area contributed by atoms with Gasteiger partial charge in [0, 0.05) is 19.0 Å². The molecule has 0 saturated carbocycles. The summed E-state index contributed by atoms with van der Waals surface area (Å²) in [5.41, 5.74) is 0.461. The van der Waals surface area contributed by atoms with E-state index in [1.54, 1.807) is 48.2 Å². The molecule has 0 fully saturated rings. The zero-order chi connectivity index (χ0) is 23.5. The number of para-hydroxylation sites is 1. The molecule has 1 aliphatic rings. The Bertz CT molecular complexity index is 1040. The highest BCUT2D eigenvalue weighted by Crippen LogP contribution is 2.36. The van der Waals surface area contributed by atoms with E-state index >= 15 is 0 Å². The van der Waals surface area contributed by atoms with Gasteiger partial charge < -0.3 is 19.6 Å². The van der Waals surface area contributed by atoms with E-state index in [4.69, 9.17) is 4.74 Å². The molecule has 1 heterocycles. The van der Waals surface area contributed by atoms with Crippen LogP contribution in [-0.2, 0) is 10.0 Å². The monoisotopic (exact) mass is 461 g/mol. The molecule has 3 atom stereocenters. The average Bonchev–Trinajstić information content (AvgIpc) is 2.76. The highest BCUT2D eigenvalue weighted by molar-refractivity contribution is 7.92. The average molecular weight is 462 g/mol. The SMILES string of the molecule is C[C@H](CO)N1C[C@H](C)[C@H](CN(C)C)Oc2c(NS(=O)(=O)c3ccccc3)cccc2C1=O. The fourth-order valence-electron chi connectivity index (χ4n) is 3.70. The Morgan fingerprint density at radius 3 is 2.50 bits per heavy atom. The Hall–Kier alpha value is -2.62. The van der Waals surface area contributed by atoms with Crippen LogP contribution in [0.15, 0.2) is 53.4 Å². The molecule has 0 radical (unpaired) electrons. The smallest absolute Gasteiger partial charge is 0.262 e. The Morgan fingerprint density at radius 2 is 1.88 bits per heavy atom. The summed E-state index contributed by atoms with van der Waals surface area (Å²) in [6.45, 7) is 4.59. The van der Waals surface area contributed by atoms with Crippen LogP contribution in [0.5, 0.6) is 5.75 Å². The van der Waals surface area contributed by atoms with Crippen molar-refractivity contribution < 1.29 is 23.1 Å². The van der Waals surface area contributed by atoms with Gasteiger partial charge in [0.05, 0.1) is 28.8 Å². The first-order valence-corrected chi connectivity index (χ1v) is 12.1. The zero-order valence-corrected chi connectivity index (χ0v) is 19.7. The van der Waals surface area contributed by atoms with Crippen molar-refractivity contribution in [2.75, 3.05) is 38.5 Å². The molecule has 3 rings (SSSR count). The summed E-state index contributed by atoms with van der Waals surface area (Å²) in [6, 6.07) is 12.5. The van der Waals surface area contributed by atoms with Crippen molar-refractivity contribution in [3.63, 3.8) is 0 Å². The second-order valence-corrected chi connectivity index (χ2v) is 10.2. The third-order valence-corrected chi connectivity index (χ3v) is 6.92. The number of sulfonamides is 1. The van der Waals surface area contributed by atoms with E-state index in [2.05, 4.69) is 4.72 Å². The Morgan fingerprint density at radius 1 is 1.19 bits per heavy atom. The number of amides is 1. The molecular formula is C23H31N3O5S. The van der Waals surface area contributed by atoms with E-state index in [1.807, 2.05) is 25.9 Å². The molecule has 9 heteroatoms. The van der Waals surface area contributed by atoms with Crippen molar-refractivity contribution in [1.29, 1.82) is 0 Å². The number of ether oxygens (including phenoxy) is 1. The summed E-state index contributed by atoms with van der Waals surface area (Å²) in [4.78, 5) is 17.1. The van der Waals surface area contributed by atoms with Crippen molar-refractivity contribution in [2.45, 2.75) is 30.9 Å². The number of hydrogen-bond acceptors (Lipinski definition) is 6. The molecule has 174 valence electrons. The predicted molar refractivity (Wildman–Crippen MR) is 123 cm³/mol. The van der Waals surface area contributed by atoms with Gasteiger partial charge in [-0.3, -0.25) is 9.52 Å². The summed E-state index contributed by atoms with van der Waals surface area (Å²) in [7, 11) is -0.0200. The van der Waals surface area contributed by atoms with Gasteiger partial charge in [-0.2, -0.15) is 0 Å². The number of carbonyl (C=O) groups is 1. The van der Waals surface area contributed by atoms with E-state index in [-0.39, 0.29) is 52.5 Å². The lowest BCUT2D eigenvalue weighted by atomic mass is 9.99. The van der Waals surface area contributed by atoms with E-state index in [1.165, 1.54) is 12.1 Å². The lowest BCUT2D eigenvalue weighted by Crippen LogP contribution is -2.49. The molecular weight excluding hydrogens is 430 g/mol. The van der Waals surface area contributed by atoms with Gasteiger partial charge in [0.2, 0.25) is 0 Å². The van der Waals surface area contributed by atoms with Crippen molar-refractivity contribution in [3.05, 3.63) is 54.1 Å². The number of likely N-dealkylation sites (N-methyl/N-ethyl adjacent to an activating group) is 1. The van der Waals surface area contributed by atoms with Crippen LogP contribution in [0, 0.1) is 5.92 Å². The molecule has 2 N–H and O–H groups in total. The number of hydrogen-bond donors (Lipinski definition) is 2. The molecule has 0 aromatic heterocycles. The number of carbonyl (C=O) groups excluding carboxylic acids is 1. The van der Waals surface area contributed by atoms with Gasteiger partial charge in [0.15, 0.2) is 5.75 Å². The van der Waals surface area contributed by atoms with Crippen LogP contribution in [0.25, 0.3) is 0 Å². The molecule has 0 spiro atoms. The van der Waals surface area contributed by atoms with E-state index < -0.39 is 10.0 Å². The van der Waals surface area contributed by atoms with Crippen LogP contribution in [0.3, 0.4) is 0 Å². The predicted octanol–water partition coefficient (Wildman–Crippen LogP) is 2.27. The zero-order valence-electron chi connectivity index (χ0n) is 18.9. The van der Waals surface area contributed by atoms with Crippen LogP contribution in [-0.4, -0.2) is 75.2 Å². The van der Waals surface area contributed by atoms with Crippen molar-refractivity contribution in [3.8, 4) is 5.75 Å². The molecule has 0 bridgehead atoms. The Balaban J connectivity index is 2.09. The molecule has 2 aromatic carbocycles. The van der Waals surface area contributed by atoms with Gasteiger partial charge in [0.25, 0.3) is 15.9 Å². The van der Waals surface area contributed by atoms with Crippen LogP contribution >= 0.6 is 0 Å². The van der Waals surface area contributed by atoms with E-state index in [0.717, 1.165) is 0 Å². The molecule has 1 aliphatic heterocycles. The van der Waals surface area contributed by atoms with Crippen LogP contribution in [0.1, 0.15) is 24.2 Å². The first kappa shape index (κ1) is 24.0. The normalized spacial score (nSPS) is 20.2. The third-order valence-electron chi connectivity index (χ3n) is 5.53. The van der Waals surface area contributed by atoms with Crippen LogP contribution in [0.4, 0.5) is 5.69 Å².